The van der Waals surface area contributed by atoms with Gasteiger partial charge < -0.3 is 29.7 Å². The van der Waals surface area contributed by atoms with Crippen molar-refractivity contribution in [2.75, 3.05) is 24.6 Å². The Kier molecular flexibility index (Phi) is 7.76. The van der Waals surface area contributed by atoms with E-state index in [4.69, 9.17) is 37.4 Å². The van der Waals surface area contributed by atoms with E-state index >= 15 is 0 Å². The van der Waals surface area contributed by atoms with Crippen LogP contribution in [0.15, 0.2) is 36.4 Å². The molecule has 1 atom stereocenters. The van der Waals surface area contributed by atoms with Crippen molar-refractivity contribution in [2.45, 2.75) is 69.2 Å². The summed E-state index contributed by atoms with van der Waals surface area (Å²) in [5.41, 5.74) is -0.681. The molecular formula is C29H32Cl2FN3O6. The molecule has 1 heterocycles. The molecule has 2 aromatic carbocycles. The fraction of sp³-hybridized carbons (Fsp3) is 0.483. The van der Waals surface area contributed by atoms with Gasteiger partial charge in [0.1, 0.15) is 22.9 Å². The Labute approximate surface area is 247 Å². The van der Waals surface area contributed by atoms with Gasteiger partial charge in [-0.15, -0.1) is 0 Å². The molecule has 2 amide bonds. The molecule has 0 spiro atoms. The van der Waals surface area contributed by atoms with Crippen LogP contribution in [0.5, 0.6) is 11.5 Å². The molecule has 220 valence electrons. The molecule has 3 saturated carbocycles. The van der Waals surface area contributed by atoms with Crippen LogP contribution >= 0.6 is 23.2 Å². The summed E-state index contributed by atoms with van der Waals surface area (Å²) in [6.45, 7) is 5.75. The van der Waals surface area contributed by atoms with Crippen LogP contribution in [0.2, 0.25) is 10.0 Å². The Hall–Kier alpha value is -3.24. The van der Waals surface area contributed by atoms with Crippen molar-refractivity contribution in [3.8, 4) is 11.5 Å². The van der Waals surface area contributed by atoms with Crippen molar-refractivity contribution in [3.63, 3.8) is 0 Å². The van der Waals surface area contributed by atoms with E-state index in [1.807, 2.05) is 25.7 Å². The number of hydrogen-bond donors (Lipinski definition) is 2. The second-order valence-corrected chi connectivity index (χ2v) is 12.8. The molecule has 0 aromatic heterocycles. The second kappa shape index (κ2) is 10.9. The highest BCUT2D eigenvalue weighted by atomic mass is 35.5. The molecule has 4 aliphatic rings. The summed E-state index contributed by atoms with van der Waals surface area (Å²) < 4.78 is 30.4. The summed E-state index contributed by atoms with van der Waals surface area (Å²) in [7, 11) is 0. The molecule has 3 fully saturated rings. The predicted molar refractivity (Wildman–Crippen MR) is 151 cm³/mol. The highest BCUT2D eigenvalue weighted by Gasteiger charge is 2.69. The minimum atomic E-state index is -0.796. The Morgan fingerprint density at radius 1 is 1.07 bits per heavy atom. The van der Waals surface area contributed by atoms with Crippen LogP contribution in [0.1, 0.15) is 46.5 Å². The Bertz CT molecular complexity index is 1360. The Balaban J connectivity index is 1.13. The second-order valence-electron chi connectivity index (χ2n) is 12.0. The first-order valence-corrected chi connectivity index (χ1v) is 14.1. The Morgan fingerprint density at radius 2 is 1.78 bits per heavy atom. The van der Waals surface area contributed by atoms with Gasteiger partial charge in [0.25, 0.3) is 11.8 Å². The number of anilines is 1. The van der Waals surface area contributed by atoms with Gasteiger partial charge in [0.15, 0.2) is 12.7 Å². The van der Waals surface area contributed by atoms with Gasteiger partial charge in [-0.25, -0.2) is 4.39 Å². The first-order chi connectivity index (χ1) is 19.2. The van der Waals surface area contributed by atoms with Gasteiger partial charge in [-0.2, -0.15) is 0 Å². The molecule has 41 heavy (non-hydrogen) atoms. The lowest BCUT2D eigenvalue weighted by Gasteiger charge is -2.70. The number of carbonyl (C=O) groups excluding carboxylic acids is 3. The number of ether oxygens (including phenoxy) is 3. The standard InChI is InChI=1S/C29H32Cl2FN3O6/c1-27(2,3)41-25(37)8-9-35-12-23(40-22-7-4-17(30)10-21(22)35)26(38)34-29-14-28(15-29,16-29)33-24(36)13-39-18-5-6-19(31)20(32)11-18/h4-7,10-11,23H,8-9,12-16H2,1-3H3,(H,33,36)(H,34,38). The van der Waals surface area contributed by atoms with Crippen LogP contribution in [-0.4, -0.2) is 60.3 Å². The average Bonchev–Trinajstić information content (AvgIpc) is 2.84. The molecule has 2 N–H and O–H groups in total. The zero-order valence-electron chi connectivity index (χ0n) is 23.0. The van der Waals surface area contributed by atoms with Gasteiger partial charge in [0, 0.05) is 28.7 Å². The first-order valence-electron chi connectivity index (χ1n) is 13.4. The number of halogens is 3. The van der Waals surface area contributed by atoms with E-state index in [2.05, 4.69) is 10.6 Å². The third kappa shape index (κ3) is 6.64. The number of nitrogens with one attached hydrogen (secondary N) is 2. The lowest BCUT2D eigenvalue weighted by molar-refractivity contribution is -0.155. The molecule has 0 saturated heterocycles. The Morgan fingerprint density at radius 3 is 2.46 bits per heavy atom. The first kappa shape index (κ1) is 29.3. The molecule has 6 rings (SSSR count). The van der Waals surface area contributed by atoms with Gasteiger partial charge >= 0.3 is 5.97 Å². The SMILES string of the molecule is CC(C)(C)OC(=O)CCN1CC(C(=O)NC23CC(NC(=O)COc4ccc(Cl)c(F)c4)(C2)C3)Oc2ccc(Cl)cc21. The smallest absolute Gasteiger partial charge is 0.308 e. The number of nitrogens with zero attached hydrogens (tertiary/aromatic N) is 1. The van der Waals surface area contributed by atoms with Gasteiger partial charge in [0.2, 0.25) is 0 Å². The monoisotopic (exact) mass is 607 g/mol. The molecular weight excluding hydrogens is 576 g/mol. The van der Waals surface area contributed by atoms with E-state index in [1.165, 1.54) is 12.1 Å². The van der Waals surface area contributed by atoms with E-state index in [-0.39, 0.29) is 48.1 Å². The quantitative estimate of drug-likeness (QED) is 0.406. The van der Waals surface area contributed by atoms with Crippen LogP contribution in [0.25, 0.3) is 0 Å². The topological polar surface area (TPSA) is 106 Å². The third-order valence-corrected chi connectivity index (χ3v) is 7.84. The van der Waals surface area contributed by atoms with Crippen LogP contribution in [0.4, 0.5) is 10.1 Å². The maximum absolute atomic E-state index is 13.6. The summed E-state index contributed by atoms with van der Waals surface area (Å²) in [6, 6.07) is 9.13. The molecule has 2 bridgehead atoms. The highest BCUT2D eigenvalue weighted by Crippen LogP contribution is 2.60. The number of benzene rings is 2. The maximum Gasteiger partial charge on any atom is 0.308 e. The number of fused-ring (bicyclic) bond motifs is 1. The minimum Gasteiger partial charge on any atom is -0.484 e. The van der Waals surface area contributed by atoms with Gasteiger partial charge in [-0.1, -0.05) is 23.2 Å². The summed E-state index contributed by atoms with van der Waals surface area (Å²) in [5, 5.41) is 6.57. The third-order valence-electron chi connectivity index (χ3n) is 7.30. The minimum absolute atomic E-state index is 0.0243. The van der Waals surface area contributed by atoms with Crippen molar-refractivity contribution in [1.29, 1.82) is 0 Å². The predicted octanol–water partition coefficient (Wildman–Crippen LogP) is 4.42. The normalized spacial score (nSPS) is 24.1. The number of amides is 2. The molecule has 3 aliphatic carbocycles. The van der Waals surface area contributed by atoms with Crippen molar-refractivity contribution >= 4 is 46.7 Å². The lowest BCUT2D eigenvalue weighted by atomic mass is 9.44. The van der Waals surface area contributed by atoms with Gasteiger partial charge in [-0.3, -0.25) is 14.4 Å². The van der Waals surface area contributed by atoms with E-state index in [9.17, 15) is 18.8 Å². The molecule has 9 nitrogen and oxygen atoms in total. The fourth-order valence-electron chi connectivity index (χ4n) is 5.74. The highest BCUT2D eigenvalue weighted by molar-refractivity contribution is 6.31. The van der Waals surface area contributed by atoms with Gasteiger partial charge in [-0.05, 0) is 70.4 Å². The zero-order valence-corrected chi connectivity index (χ0v) is 24.5. The fourth-order valence-corrected chi connectivity index (χ4v) is 6.02. The number of hydrogen-bond acceptors (Lipinski definition) is 7. The van der Waals surface area contributed by atoms with Crippen LogP contribution in [0, 0.1) is 5.82 Å². The van der Waals surface area contributed by atoms with E-state index in [0.717, 1.165) is 6.07 Å². The van der Waals surface area contributed by atoms with E-state index < -0.39 is 28.6 Å². The van der Waals surface area contributed by atoms with Crippen LogP contribution < -0.4 is 25.0 Å². The van der Waals surface area contributed by atoms with Crippen LogP contribution in [-0.2, 0) is 19.1 Å². The lowest BCUT2D eigenvalue weighted by Crippen LogP contribution is -2.84. The van der Waals surface area contributed by atoms with E-state index in [1.54, 1.807) is 18.2 Å². The summed E-state index contributed by atoms with van der Waals surface area (Å²) >= 11 is 11.9. The molecule has 0 radical (unpaired) electrons. The van der Waals surface area contributed by atoms with Crippen molar-refractivity contribution in [1.82, 2.24) is 10.6 Å². The maximum atomic E-state index is 13.6. The summed E-state index contributed by atoms with van der Waals surface area (Å²) in [4.78, 5) is 40.0. The average molecular weight is 608 g/mol. The van der Waals surface area contributed by atoms with Gasteiger partial charge in [0.05, 0.1) is 23.7 Å². The molecule has 1 unspecified atom stereocenters. The van der Waals surface area contributed by atoms with Crippen molar-refractivity contribution < 1.29 is 33.0 Å². The van der Waals surface area contributed by atoms with Crippen LogP contribution in [0.3, 0.4) is 0 Å². The number of carbonyl (C=O) groups is 3. The summed E-state index contributed by atoms with van der Waals surface area (Å²) in [5.74, 6) is -0.832. The summed E-state index contributed by atoms with van der Waals surface area (Å²) in [6.07, 6.45) is 1.12. The molecule has 1 aliphatic heterocycles. The molecule has 12 heteroatoms. The number of esters is 1. The molecule has 2 aromatic rings. The van der Waals surface area contributed by atoms with Crippen molar-refractivity contribution in [2.24, 2.45) is 0 Å². The van der Waals surface area contributed by atoms with E-state index in [0.29, 0.717) is 42.3 Å². The zero-order chi connectivity index (χ0) is 29.6. The largest absolute Gasteiger partial charge is 0.484 e. The van der Waals surface area contributed by atoms with Crippen molar-refractivity contribution in [3.05, 3.63) is 52.3 Å². The number of rotatable bonds is 9.